The second kappa shape index (κ2) is 6.50. The van der Waals surface area contributed by atoms with Crippen molar-refractivity contribution in [1.82, 2.24) is 4.90 Å². The van der Waals surface area contributed by atoms with Crippen molar-refractivity contribution in [2.24, 2.45) is 5.73 Å². The minimum Gasteiger partial charge on any atom is -0.327 e. The fourth-order valence-electron chi connectivity index (χ4n) is 3.29. The third kappa shape index (κ3) is 4.08. The molecule has 0 radical (unpaired) electrons. The Balaban J connectivity index is 2.13. The largest absolute Gasteiger partial charge is 0.327 e. The van der Waals surface area contributed by atoms with Gasteiger partial charge in [-0.3, -0.25) is 4.90 Å². The van der Waals surface area contributed by atoms with Crippen molar-refractivity contribution in [3.05, 3.63) is 35.4 Å². The zero-order valence-electron chi connectivity index (χ0n) is 14.4. The van der Waals surface area contributed by atoms with Crippen LogP contribution in [0.1, 0.15) is 64.5 Å². The Hall–Kier alpha value is -0.860. The molecule has 1 aliphatic heterocycles. The fourth-order valence-corrected chi connectivity index (χ4v) is 3.29. The molecule has 1 fully saturated rings. The normalized spacial score (nSPS) is 25.8. The van der Waals surface area contributed by atoms with Gasteiger partial charge in [0.15, 0.2) is 0 Å². The van der Waals surface area contributed by atoms with Crippen LogP contribution in [0.2, 0.25) is 0 Å². The molecule has 1 saturated heterocycles. The molecule has 2 heteroatoms. The van der Waals surface area contributed by atoms with E-state index in [2.05, 4.69) is 63.8 Å². The number of rotatable bonds is 3. The van der Waals surface area contributed by atoms with Gasteiger partial charge < -0.3 is 5.73 Å². The Morgan fingerprint density at radius 3 is 2.33 bits per heavy atom. The van der Waals surface area contributed by atoms with Gasteiger partial charge in [-0.05, 0) is 42.2 Å². The van der Waals surface area contributed by atoms with Gasteiger partial charge in [0.25, 0.3) is 0 Å². The zero-order chi connectivity index (χ0) is 15.6. The standard InChI is InChI=1S/C19H32N2/c1-6-14(2)21-12-16(11-18(20)13-21)15-7-9-17(10-8-15)19(3,4)5/h7-10,14,16,18H,6,11-13,20H2,1-5H3. The molecule has 2 rings (SSSR count). The summed E-state index contributed by atoms with van der Waals surface area (Å²) in [4.78, 5) is 2.57. The van der Waals surface area contributed by atoms with E-state index < -0.39 is 0 Å². The molecular weight excluding hydrogens is 256 g/mol. The fraction of sp³-hybridized carbons (Fsp3) is 0.684. The molecule has 0 spiro atoms. The molecule has 2 N–H and O–H groups in total. The smallest absolute Gasteiger partial charge is 0.0174 e. The van der Waals surface area contributed by atoms with Crippen molar-refractivity contribution < 1.29 is 0 Å². The predicted molar refractivity (Wildman–Crippen MR) is 91.8 cm³/mol. The van der Waals surface area contributed by atoms with E-state index in [0.717, 1.165) is 19.5 Å². The predicted octanol–water partition coefficient (Wildman–Crippen LogP) is 3.90. The Morgan fingerprint density at radius 2 is 1.81 bits per heavy atom. The minimum absolute atomic E-state index is 0.226. The topological polar surface area (TPSA) is 29.3 Å². The molecule has 118 valence electrons. The summed E-state index contributed by atoms with van der Waals surface area (Å²) in [6.45, 7) is 13.6. The average molecular weight is 288 g/mol. The van der Waals surface area contributed by atoms with Crippen LogP contribution in [0.25, 0.3) is 0 Å². The molecule has 1 aromatic carbocycles. The van der Waals surface area contributed by atoms with Gasteiger partial charge in [-0.1, -0.05) is 52.0 Å². The van der Waals surface area contributed by atoms with Gasteiger partial charge >= 0.3 is 0 Å². The summed E-state index contributed by atoms with van der Waals surface area (Å²) in [7, 11) is 0. The zero-order valence-corrected chi connectivity index (χ0v) is 14.4. The minimum atomic E-state index is 0.226. The first kappa shape index (κ1) is 16.5. The quantitative estimate of drug-likeness (QED) is 0.914. The molecule has 0 aliphatic carbocycles. The number of nitrogens with two attached hydrogens (primary N) is 1. The molecule has 0 saturated carbocycles. The van der Waals surface area contributed by atoms with Gasteiger partial charge in [-0.15, -0.1) is 0 Å². The number of nitrogens with zero attached hydrogens (tertiary/aromatic N) is 1. The van der Waals surface area contributed by atoms with Crippen molar-refractivity contribution in [3.63, 3.8) is 0 Å². The second-order valence-electron chi connectivity index (χ2n) is 7.78. The summed E-state index contributed by atoms with van der Waals surface area (Å²) < 4.78 is 0. The van der Waals surface area contributed by atoms with Crippen LogP contribution < -0.4 is 5.73 Å². The lowest BCUT2D eigenvalue weighted by atomic mass is 9.83. The van der Waals surface area contributed by atoms with Crippen LogP contribution in [-0.4, -0.2) is 30.1 Å². The van der Waals surface area contributed by atoms with E-state index in [-0.39, 0.29) is 5.41 Å². The van der Waals surface area contributed by atoms with Crippen molar-refractivity contribution in [2.45, 2.75) is 70.9 Å². The summed E-state index contributed by atoms with van der Waals surface area (Å²) in [6, 6.07) is 10.2. The summed E-state index contributed by atoms with van der Waals surface area (Å²) in [5.74, 6) is 0.580. The van der Waals surface area contributed by atoms with E-state index in [1.165, 1.54) is 17.5 Å². The van der Waals surface area contributed by atoms with Gasteiger partial charge in [-0.25, -0.2) is 0 Å². The summed E-state index contributed by atoms with van der Waals surface area (Å²) in [5.41, 5.74) is 9.39. The van der Waals surface area contributed by atoms with E-state index in [4.69, 9.17) is 5.73 Å². The second-order valence-corrected chi connectivity index (χ2v) is 7.78. The van der Waals surface area contributed by atoms with Crippen molar-refractivity contribution >= 4 is 0 Å². The Kier molecular flexibility index (Phi) is 5.11. The number of piperidine rings is 1. The van der Waals surface area contributed by atoms with Crippen LogP contribution in [0.15, 0.2) is 24.3 Å². The lowest BCUT2D eigenvalue weighted by Gasteiger charge is -2.40. The van der Waals surface area contributed by atoms with Crippen LogP contribution in [0.3, 0.4) is 0 Å². The first-order valence-corrected chi connectivity index (χ1v) is 8.41. The van der Waals surface area contributed by atoms with Gasteiger partial charge in [0.05, 0.1) is 0 Å². The Bertz CT molecular complexity index is 444. The highest BCUT2D eigenvalue weighted by Gasteiger charge is 2.28. The van der Waals surface area contributed by atoms with Crippen LogP contribution in [0.5, 0.6) is 0 Å². The van der Waals surface area contributed by atoms with E-state index in [1.807, 2.05) is 0 Å². The third-order valence-corrected chi connectivity index (χ3v) is 4.97. The van der Waals surface area contributed by atoms with Gasteiger partial charge in [-0.2, -0.15) is 0 Å². The summed E-state index contributed by atoms with van der Waals surface area (Å²) >= 11 is 0. The number of benzene rings is 1. The van der Waals surface area contributed by atoms with Crippen molar-refractivity contribution in [2.75, 3.05) is 13.1 Å². The average Bonchev–Trinajstić information content (AvgIpc) is 2.45. The molecule has 3 unspecified atom stereocenters. The van der Waals surface area contributed by atoms with Crippen molar-refractivity contribution in [3.8, 4) is 0 Å². The molecule has 3 atom stereocenters. The molecule has 1 aliphatic rings. The highest BCUT2D eigenvalue weighted by Crippen LogP contribution is 2.30. The summed E-state index contributed by atoms with van der Waals surface area (Å²) in [6.07, 6.45) is 2.31. The monoisotopic (exact) mass is 288 g/mol. The van der Waals surface area contributed by atoms with Gasteiger partial charge in [0, 0.05) is 25.2 Å². The van der Waals surface area contributed by atoms with Crippen LogP contribution in [0.4, 0.5) is 0 Å². The van der Waals surface area contributed by atoms with E-state index >= 15 is 0 Å². The van der Waals surface area contributed by atoms with E-state index in [0.29, 0.717) is 18.0 Å². The lowest BCUT2D eigenvalue weighted by molar-refractivity contribution is 0.140. The first-order chi connectivity index (χ1) is 9.81. The molecular formula is C19H32N2. The Labute approximate surface area is 130 Å². The van der Waals surface area contributed by atoms with Crippen LogP contribution in [-0.2, 0) is 5.41 Å². The van der Waals surface area contributed by atoms with Crippen molar-refractivity contribution in [1.29, 1.82) is 0 Å². The molecule has 0 amide bonds. The highest BCUT2D eigenvalue weighted by molar-refractivity contribution is 5.30. The van der Waals surface area contributed by atoms with E-state index in [9.17, 15) is 0 Å². The molecule has 1 aromatic rings. The van der Waals surface area contributed by atoms with Crippen LogP contribution >= 0.6 is 0 Å². The maximum absolute atomic E-state index is 6.30. The summed E-state index contributed by atoms with van der Waals surface area (Å²) in [5, 5.41) is 0. The van der Waals surface area contributed by atoms with E-state index in [1.54, 1.807) is 0 Å². The molecule has 21 heavy (non-hydrogen) atoms. The number of hydrogen-bond donors (Lipinski definition) is 1. The molecule has 0 aromatic heterocycles. The third-order valence-electron chi connectivity index (χ3n) is 4.97. The Morgan fingerprint density at radius 1 is 1.19 bits per heavy atom. The maximum atomic E-state index is 6.30. The van der Waals surface area contributed by atoms with Gasteiger partial charge in [0.2, 0.25) is 0 Å². The maximum Gasteiger partial charge on any atom is 0.0174 e. The lowest BCUT2D eigenvalue weighted by Crippen LogP contribution is -2.49. The SMILES string of the molecule is CCC(C)N1CC(N)CC(c2ccc(C(C)(C)C)cc2)C1. The molecule has 2 nitrogen and oxygen atoms in total. The number of likely N-dealkylation sites (tertiary alicyclic amines) is 1. The highest BCUT2D eigenvalue weighted by atomic mass is 15.2. The van der Waals surface area contributed by atoms with Crippen LogP contribution in [0, 0.1) is 0 Å². The molecule has 0 bridgehead atoms. The first-order valence-electron chi connectivity index (χ1n) is 8.41. The van der Waals surface area contributed by atoms with Gasteiger partial charge in [0.1, 0.15) is 0 Å². The number of hydrogen-bond acceptors (Lipinski definition) is 2. The molecule has 1 heterocycles.